The predicted molar refractivity (Wildman–Crippen MR) is 127 cm³/mol. The number of esters is 1. The molecule has 0 bridgehead atoms. The number of carbonyl (C=O) groups is 1. The largest absolute Gasteiger partial charge is 0.460 e. The fraction of sp³-hybridized carbons (Fsp3) is 0.148. The van der Waals surface area contributed by atoms with Gasteiger partial charge in [-0.25, -0.2) is 4.79 Å². The number of rotatable bonds is 8. The van der Waals surface area contributed by atoms with Crippen LogP contribution in [0.1, 0.15) is 12.5 Å². The van der Waals surface area contributed by atoms with E-state index in [1.165, 1.54) is 31.3 Å². The lowest BCUT2D eigenvalue weighted by Crippen LogP contribution is -2.11. The fourth-order valence-corrected chi connectivity index (χ4v) is 4.35. The molecule has 0 amide bonds. The van der Waals surface area contributed by atoms with Gasteiger partial charge >= 0.3 is 5.97 Å². The Morgan fingerprint density at radius 1 is 0.839 bits per heavy atom. The summed E-state index contributed by atoms with van der Waals surface area (Å²) in [4.78, 5) is 13.9. The topological polar surface area (TPSA) is 35.5 Å². The van der Waals surface area contributed by atoms with Crippen LogP contribution in [-0.4, -0.2) is 19.2 Å². The van der Waals surface area contributed by atoms with Gasteiger partial charge in [-0.05, 0) is 64.4 Å². The molecule has 0 radical (unpaired) electrons. The molecule has 0 aliphatic heterocycles. The van der Waals surface area contributed by atoms with E-state index in [2.05, 4.69) is 79.4 Å². The van der Waals surface area contributed by atoms with Crippen LogP contribution in [0.5, 0.6) is 0 Å². The molecular formula is C27H24O3S. The van der Waals surface area contributed by atoms with Crippen LogP contribution in [0.15, 0.2) is 101 Å². The van der Waals surface area contributed by atoms with Crippen molar-refractivity contribution in [2.75, 3.05) is 13.2 Å². The Hall–Kier alpha value is -3.08. The number of ether oxygens (including phenoxy) is 2. The monoisotopic (exact) mass is 428 g/mol. The summed E-state index contributed by atoms with van der Waals surface area (Å²) in [6.07, 6.45) is 0. The van der Waals surface area contributed by atoms with Gasteiger partial charge in [0.05, 0.1) is 13.2 Å². The first-order chi connectivity index (χ1) is 15.1. The molecule has 4 heteroatoms. The molecule has 0 unspecified atom stereocenters. The third-order valence-corrected chi connectivity index (χ3v) is 5.98. The molecule has 0 atom stereocenters. The van der Waals surface area contributed by atoms with Gasteiger partial charge in [-0.3, -0.25) is 0 Å². The van der Waals surface area contributed by atoms with E-state index in [4.69, 9.17) is 9.47 Å². The average Bonchev–Trinajstić information content (AvgIpc) is 2.79. The Labute approximate surface area is 186 Å². The van der Waals surface area contributed by atoms with Gasteiger partial charge in [0.15, 0.2) is 0 Å². The highest BCUT2D eigenvalue weighted by atomic mass is 32.2. The maximum Gasteiger partial charge on any atom is 0.333 e. The summed E-state index contributed by atoms with van der Waals surface area (Å²) in [6, 6.07) is 27.5. The molecule has 0 saturated heterocycles. The minimum Gasteiger partial charge on any atom is -0.460 e. The van der Waals surface area contributed by atoms with Crippen molar-refractivity contribution in [2.24, 2.45) is 0 Å². The molecule has 4 rings (SSSR count). The van der Waals surface area contributed by atoms with Crippen molar-refractivity contribution >= 4 is 39.3 Å². The standard InChI is InChI=1S/C27H24O3S/c1-19(2)27(28)30-15-14-29-18-26-24-11-7-6-8-20(24)16-21-12-13-23(17-25(21)26)31-22-9-4-3-5-10-22/h3-13,16-17H,1,14-15,18H2,2H3. The lowest BCUT2D eigenvalue weighted by Gasteiger charge is -2.14. The Morgan fingerprint density at radius 3 is 2.39 bits per heavy atom. The van der Waals surface area contributed by atoms with Crippen molar-refractivity contribution in [3.63, 3.8) is 0 Å². The van der Waals surface area contributed by atoms with Crippen molar-refractivity contribution in [3.05, 3.63) is 96.6 Å². The molecule has 0 saturated carbocycles. The third-order valence-electron chi connectivity index (χ3n) is 4.98. The molecule has 156 valence electrons. The van der Waals surface area contributed by atoms with Gasteiger partial charge < -0.3 is 9.47 Å². The minimum atomic E-state index is -0.387. The summed E-state index contributed by atoms with van der Waals surface area (Å²) in [5.74, 6) is -0.387. The molecular weight excluding hydrogens is 404 g/mol. The van der Waals surface area contributed by atoms with Crippen molar-refractivity contribution in [1.82, 2.24) is 0 Å². The Morgan fingerprint density at radius 2 is 1.58 bits per heavy atom. The van der Waals surface area contributed by atoms with Crippen molar-refractivity contribution < 1.29 is 14.3 Å². The summed E-state index contributed by atoms with van der Waals surface area (Å²) in [6.45, 7) is 6.22. The van der Waals surface area contributed by atoms with E-state index in [1.54, 1.807) is 18.7 Å². The second-order valence-electron chi connectivity index (χ2n) is 7.34. The quantitative estimate of drug-likeness (QED) is 0.134. The van der Waals surface area contributed by atoms with Crippen LogP contribution in [0.4, 0.5) is 0 Å². The zero-order valence-corrected chi connectivity index (χ0v) is 18.3. The number of benzene rings is 4. The van der Waals surface area contributed by atoms with E-state index in [0.717, 1.165) is 5.56 Å². The van der Waals surface area contributed by atoms with Crippen LogP contribution in [0.3, 0.4) is 0 Å². The van der Waals surface area contributed by atoms with Gasteiger partial charge in [0.1, 0.15) is 6.61 Å². The Kier molecular flexibility index (Phi) is 6.70. The van der Waals surface area contributed by atoms with E-state index < -0.39 is 0 Å². The minimum absolute atomic E-state index is 0.212. The highest BCUT2D eigenvalue weighted by Crippen LogP contribution is 2.34. The molecule has 4 aromatic rings. The highest BCUT2D eigenvalue weighted by Gasteiger charge is 2.10. The van der Waals surface area contributed by atoms with Crippen LogP contribution < -0.4 is 0 Å². The Balaban J connectivity index is 1.60. The van der Waals surface area contributed by atoms with E-state index in [1.807, 2.05) is 6.07 Å². The van der Waals surface area contributed by atoms with Crippen molar-refractivity contribution in [1.29, 1.82) is 0 Å². The predicted octanol–water partition coefficient (Wildman–Crippen LogP) is 6.78. The van der Waals surface area contributed by atoms with Crippen molar-refractivity contribution in [2.45, 2.75) is 23.3 Å². The van der Waals surface area contributed by atoms with Gasteiger partial charge in [0.2, 0.25) is 0 Å². The molecule has 0 N–H and O–H groups in total. The molecule has 0 aliphatic rings. The molecule has 0 aliphatic carbocycles. The lowest BCUT2D eigenvalue weighted by molar-refractivity contribution is -0.140. The zero-order chi connectivity index (χ0) is 21.6. The van der Waals surface area contributed by atoms with Crippen LogP contribution in [-0.2, 0) is 20.9 Å². The zero-order valence-electron chi connectivity index (χ0n) is 17.5. The molecule has 4 aromatic carbocycles. The first-order valence-electron chi connectivity index (χ1n) is 10.2. The maximum atomic E-state index is 11.5. The normalized spacial score (nSPS) is 11.0. The second-order valence-corrected chi connectivity index (χ2v) is 8.49. The van der Waals surface area contributed by atoms with Crippen LogP contribution >= 0.6 is 11.8 Å². The summed E-state index contributed by atoms with van der Waals surface area (Å²) in [7, 11) is 0. The summed E-state index contributed by atoms with van der Waals surface area (Å²) < 4.78 is 11.0. The van der Waals surface area contributed by atoms with Gasteiger partial charge in [-0.2, -0.15) is 0 Å². The molecule has 31 heavy (non-hydrogen) atoms. The Bertz CT molecular complexity index is 1230. The molecule has 3 nitrogen and oxygen atoms in total. The summed E-state index contributed by atoms with van der Waals surface area (Å²) in [5, 5.41) is 4.73. The van der Waals surface area contributed by atoms with Gasteiger partial charge in [-0.15, -0.1) is 0 Å². The first-order valence-corrected chi connectivity index (χ1v) is 11.0. The smallest absolute Gasteiger partial charge is 0.333 e. The van der Waals surface area contributed by atoms with Gasteiger partial charge in [0.25, 0.3) is 0 Å². The van der Waals surface area contributed by atoms with Gasteiger partial charge in [0, 0.05) is 15.4 Å². The number of hydrogen-bond acceptors (Lipinski definition) is 4. The lowest BCUT2D eigenvalue weighted by atomic mass is 9.97. The number of hydrogen-bond donors (Lipinski definition) is 0. The fourth-order valence-electron chi connectivity index (χ4n) is 3.47. The van der Waals surface area contributed by atoms with Crippen LogP contribution in [0.25, 0.3) is 21.5 Å². The summed E-state index contributed by atoms with van der Waals surface area (Å²) in [5.41, 5.74) is 1.54. The van der Waals surface area contributed by atoms with E-state index in [9.17, 15) is 4.79 Å². The van der Waals surface area contributed by atoms with E-state index in [-0.39, 0.29) is 12.6 Å². The maximum absolute atomic E-state index is 11.5. The van der Waals surface area contributed by atoms with Crippen LogP contribution in [0, 0.1) is 0 Å². The van der Waals surface area contributed by atoms with E-state index >= 15 is 0 Å². The van der Waals surface area contributed by atoms with Gasteiger partial charge in [-0.1, -0.05) is 66.9 Å². The number of carbonyl (C=O) groups excluding carboxylic acids is 1. The third kappa shape index (κ3) is 5.16. The summed E-state index contributed by atoms with van der Waals surface area (Å²) >= 11 is 1.75. The molecule has 0 fully saturated rings. The molecule has 0 heterocycles. The second kappa shape index (κ2) is 9.82. The SMILES string of the molecule is C=C(C)C(=O)OCCOCc1c2ccccc2cc2ccc(Sc3ccccc3)cc12. The number of fused-ring (bicyclic) bond motifs is 2. The highest BCUT2D eigenvalue weighted by molar-refractivity contribution is 7.99. The van der Waals surface area contributed by atoms with E-state index in [0.29, 0.717) is 18.8 Å². The van der Waals surface area contributed by atoms with Crippen LogP contribution in [0.2, 0.25) is 0 Å². The first kappa shape index (κ1) is 21.2. The van der Waals surface area contributed by atoms with Crippen molar-refractivity contribution in [3.8, 4) is 0 Å². The average molecular weight is 429 g/mol. The molecule has 0 spiro atoms. The molecule has 0 aromatic heterocycles.